The Morgan fingerprint density at radius 2 is 1.85 bits per heavy atom. The molecule has 3 aromatic rings. The number of hydrogen-bond donors (Lipinski definition) is 1. The molecule has 0 saturated heterocycles. The molecule has 0 spiro atoms. The van der Waals surface area contributed by atoms with E-state index in [-0.39, 0.29) is 18.1 Å². The van der Waals surface area contributed by atoms with Crippen molar-refractivity contribution >= 4 is 17.5 Å². The highest BCUT2D eigenvalue weighted by atomic mass is 35.5. The first-order valence-corrected chi connectivity index (χ1v) is 8.58. The molecule has 1 heterocycles. The van der Waals surface area contributed by atoms with Crippen LogP contribution in [-0.4, -0.2) is 22.6 Å². The van der Waals surface area contributed by atoms with Gasteiger partial charge in [0.2, 0.25) is 17.7 Å². The van der Waals surface area contributed by atoms with Crippen molar-refractivity contribution < 1.29 is 13.6 Å². The summed E-state index contributed by atoms with van der Waals surface area (Å²) in [6.07, 6.45) is 0.972. The van der Waals surface area contributed by atoms with E-state index in [9.17, 15) is 9.18 Å². The van der Waals surface area contributed by atoms with Crippen molar-refractivity contribution in [1.29, 1.82) is 0 Å². The monoisotopic (exact) mass is 373 g/mol. The highest BCUT2D eigenvalue weighted by Gasteiger charge is 2.12. The van der Waals surface area contributed by atoms with Crippen molar-refractivity contribution in [3.8, 4) is 11.5 Å². The number of halogens is 2. The van der Waals surface area contributed by atoms with Crippen molar-refractivity contribution in [3.63, 3.8) is 0 Å². The molecule has 1 aromatic heterocycles. The largest absolute Gasteiger partial charge is 0.421 e. The molecule has 0 radical (unpaired) electrons. The molecule has 0 atom stereocenters. The molecule has 26 heavy (non-hydrogen) atoms. The molecule has 1 amide bonds. The molecule has 0 aliphatic carbocycles. The van der Waals surface area contributed by atoms with Gasteiger partial charge in [0, 0.05) is 19.4 Å². The summed E-state index contributed by atoms with van der Waals surface area (Å²) in [5.74, 6) is 0.272. The summed E-state index contributed by atoms with van der Waals surface area (Å²) in [5, 5.41) is 11.2. The molecular weight excluding hydrogens is 357 g/mol. The molecule has 0 bridgehead atoms. The fourth-order valence-corrected chi connectivity index (χ4v) is 2.66. The number of hydrogen-bond acceptors (Lipinski definition) is 4. The van der Waals surface area contributed by atoms with Gasteiger partial charge in [-0.1, -0.05) is 41.9 Å². The molecular formula is C19H17ClFN3O2. The van der Waals surface area contributed by atoms with E-state index in [0.717, 1.165) is 0 Å². The molecule has 5 nitrogen and oxygen atoms in total. The number of aromatic nitrogens is 2. The van der Waals surface area contributed by atoms with Gasteiger partial charge in [-0.05, 0) is 30.2 Å². The molecule has 3 rings (SSSR count). The second-order valence-electron chi connectivity index (χ2n) is 5.67. The van der Waals surface area contributed by atoms with Gasteiger partial charge in [-0.25, -0.2) is 4.39 Å². The molecule has 0 aliphatic heterocycles. The van der Waals surface area contributed by atoms with E-state index in [1.165, 1.54) is 6.07 Å². The Balaban J connectivity index is 1.46. The lowest BCUT2D eigenvalue weighted by Crippen LogP contribution is -2.26. The van der Waals surface area contributed by atoms with Crippen LogP contribution in [-0.2, 0) is 17.6 Å². The zero-order valence-corrected chi connectivity index (χ0v) is 14.7. The van der Waals surface area contributed by atoms with Crippen molar-refractivity contribution in [2.24, 2.45) is 0 Å². The maximum Gasteiger partial charge on any atom is 0.249 e. The van der Waals surface area contributed by atoms with Gasteiger partial charge in [0.15, 0.2) is 0 Å². The standard InChI is InChI=1S/C19H17ClFN3O2/c20-15-7-3-2-6-14(15)19-24-23-18(26-19)10-9-17(25)22-12-11-13-5-1-4-8-16(13)21/h1-8H,9-12H2,(H,22,25). The Morgan fingerprint density at radius 3 is 2.65 bits per heavy atom. The van der Waals surface area contributed by atoms with E-state index in [4.69, 9.17) is 16.0 Å². The number of nitrogens with one attached hydrogen (secondary N) is 1. The summed E-state index contributed by atoms with van der Waals surface area (Å²) in [7, 11) is 0. The van der Waals surface area contributed by atoms with Crippen LogP contribution in [0.2, 0.25) is 5.02 Å². The number of nitrogens with zero attached hydrogens (tertiary/aromatic N) is 2. The van der Waals surface area contributed by atoms with Gasteiger partial charge in [-0.2, -0.15) is 0 Å². The number of carbonyl (C=O) groups is 1. The summed E-state index contributed by atoms with van der Waals surface area (Å²) in [6, 6.07) is 13.7. The van der Waals surface area contributed by atoms with Crippen LogP contribution in [0.4, 0.5) is 4.39 Å². The second-order valence-corrected chi connectivity index (χ2v) is 6.08. The fraction of sp³-hybridized carbons (Fsp3) is 0.211. The third kappa shape index (κ3) is 4.67. The number of carbonyl (C=O) groups excluding carboxylic acids is 1. The SMILES string of the molecule is O=C(CCc1nnc(-c2ccccc2Cl)o1)NCCc1ccccc1F. The molecule has 0 aliphatic rings. The van der Waals surface area contributed by atoms with E-state index in [1.807, 2.05) is 12.1 Å². The van der Waals surface area contributed by atoms with E-state index >= 15 is 0 Å². The van der Waals surface area contributed by atoms with E-state index < -0.39 is 0 Å². The minimum atomic E-state index is -0.264. The van der Waals surface area contributed by atoms with Crippen molar-refractivity contribution in [2.75, 3.05) is 6.54 Å². The van der Waals surface area contributed by atoms with Gasteiger partial charge in [0.25, 0.3) is 0 Å². The van der Waals surface area contributed by atoms with Gasteiger partial charge < -0.3 is 9.73 Å². The van der Waals surface area contributed by atoms with Crippen LogP contribution in [0.5, 0.6) is 0 Å². The highest BCUT2D eigenvalue weighted by Crippen LogP contribution is 2.26. The highest BCUT2D eigenvalue weighted by molar-refractivity contribution is 6.33. The Labute approximate surface area is 155 Å². The number of aryl methyl sites for hydroxylation is 1. The predicted octanol–water partition coefficient (Wildman–Crippen LogP) is 3.82. The van der Waals surface area contributed by atoms with Crippen LogP contribution in [0.1, 0.15) is 17.9 Å². The Kier molecular flexibility index (Phi) is 5.96. The first kappa shape index (κ1) is 18.1. The topological polar surface area (TPSA) is 68.0 Å². The predicted molar refractivity (Wildman–Crippen MR) is 96.2 cm³/mol. The van der Waals surface area contributed by atoms with Crippen molar-refractivity contribution in [3.05, 3.63) is 70.8 Å². The molecule has 7 heteroatoms. The van der Waals surface area contributed by atoms with Crippen LogP contribution in [0.3, 0.4) is 0 Å². The van der Waals surface area contributed by atoms with Gasteiger partial charge >= 0.3 is 0 Å². The zero-order valence-electron chi connectivity index (χ0n) is 13.9. The molecule has 0 fully saturated rings. The Hall–Kier alpha value is -2.73. The average Bonchev–Trinajstić information content (AvgIpc) is 3.11. The van der Waals surface area contributed by atoms with E-state index in [2.05, 4.69) is 15.5 Å². The van der Waals surface area contributed by atoms with E-state index in [1.54, 1.807) is 30.3 Å². The second kappa shape index (κ2) is 8.58. The smallest absolute Gasteiger partial charge is 0.249 e. The van der Waals surface area contributed by atoms with Gasteiger partial charge in [0.05, 0.1) is 10.6 Å². The van der Waals surface area contributed by atoms with Gasteiger partial charge in [-0.15, -0.1) is 10.2 Å². The Bertz CT molecular complexity index is 898. The lowest BCUT2D eigenvalue weighted by molar-refractivity contribution is -0.121. The normalized spacial score (nSPS) is 10.7. The van der Waals surface area contributed by atoms with Gasteiger partial charge in [0.1, 0.15) is 5.82 Å². The molecule has 0 unspecified atom stereocenters. The molecule has 0 saturated carbocycles. The minimum absolute atomic E-state index is 0.154. The quantitative estimate of drug-likeness (QED) is 0.683. The third-order valence-electron chi connectivity index (χ3n) is 3.81. The van der Waals surface area contributed by atoms with Crippen molar-refractivity contribution in [2.45, 2.75) is 19.3 Å². The molecule has 1 N–H and O–H groups in total. The summed E-state index contributed by atoms with van der Waals surface area (Å²) in [5.41, 5.74) is 1.23. The van der Waals surface area contributed by atoms with E-state index in [0.29, 0.717) is 47.3 Å². The Morgan fingerprint density at radius 1 is 1.08 bits per heavy atom. The first-order valence-electron chi connectivity index (χ1n) is 8.21. The van der Waals surface area contributed by atoms with Crippen molar-refractivity contribution in [1.82, 2.24) is 15.5 Å². The number of rotatable bonds is 7. The maximum absolute atomic E-state index is 13.5. The average molecular weight is 374 g/mol. The van der Waals surface area contributed by atoms with Crippen LogP contribution in [0.15, 0.2) is 52.9 Å². The minimum Gasteiger partial charge on any atom is -0.421 e. The van der Waals surface area contributed by atoms with Crippen LogP contribution >= 0.6 is 11.6 Å². The third-order valence-corrected chi connectivity index (χ3v) is 4.14. The number of amides is 1. The zero-order chi connectivity index (χ0) is 18.4. The fourth-order valence-electron chi connectivity index (χ4n) is 2.44. The first-order chi connectivity index (χ1) is 12.6. The van der Waals surface area contributed by atoms with Crippen LogP contribution < -0.4 is 5.32 Å². The maximum atomic E-state index is 13.5. The summed E-state index contributed by atoms with van der Waals surface area (Å²) >= 11 is 6.10. The summed E-state index contributed by atoms with van der Waals surface area (Å²) in [4.78, 5) is 11.9. The van der Waals surface area contributed by atoms with Crippen LogP contribution in [0, 0.1) is 5.82 Å². The number of benzene rings is 2. The molecule has 2 aromatic carbocycles. The lowest BCUT2D eigenvalue weighted by atomic mass is 10.1. The van der Waals surface area contributed by atoms with Gasteiger partial charge in [-0.3, -0.25) is 4.79 Å². The summed E-state index contributed by atoms with van der Waals surface area (Å²) in [6.45, 7) is 0.370. The van der Waals surface area contributed by atoms with Crippen LogP contribution in [0.25, 0.3) is 11.5 Å². The summed E-state index contributed by atoms with van der Waals surface area (Å²) < 4.78 is 19.1. The molecule has 134 valence electrons. The lowest BCUT2D eigenvalue weighted by Gasteiger charge is -2.05.